The van der Waals surface area contributed by atoms with Crippen LogP contribution in [0.4, 0.5) is 0 Å². The first-order valence-corrected chi connectivity index (χ1v) is 9.23. The van der Waals surface area contributed by atoms with Crippen molar-refractivity contribution in [3.05, 3.63) is 52.4 Å². The van der Waals surface area contributed by atoms with Gasteiger partial charge in [0.25, 0.3) is 0 Å². The second kappa shape index (κ2) is 8.11. The summed E-state index contributed by atoms with van der Waals surface area (Å²) in [5.41, 5.74) is 2.17. The molecule has 2 aliphatic heterocycles. The molecule has 4 rings (SSSR count). The van der Waals surface area contributed by atoms with E-state index in [0.29, 0.717) is 23.7 Å². The average molecular weight is 346 g/mol. The summed E-state index contributed by atoms with van der Waals surface area (Å²) in [5.74, 6) is 6.78. The maximum Gasteiger partial charge on any atom is 0.249 e. The van der Waals surface area contributed by atoms with Gasteiger partial charge in [0.1, 0.15) is 12.0 Å². The number of rotatable bonds is 4. The summed E-state index contributed by atoms with van der Waals surface area (Å²) in [4.78, 5) is 16.1. The minimum Gasteiger partial charge on any atom is -0.474 e. The summed E-state index contributed by atoms with van der Waals surface area (Å²) in [5, 5.41) is 0.803. The van der Waals surface area contributed by atoms with E-state index < -0.39 is 0 Å². The molecule has 2 aromatic rings. The van der Waals surface area contributed by atoms with Crippen LogP contribution in [0.15, 0.2) is 35.3 Å². The minimum atomic E-state index is 0.514. The fraction of sp³-hybridized carbons (Fsp3) is 0.381. The monoisotopic (exact) mass is 346 g/mol. The quantitative estimate of drug-likeness (QED) is 0.780. The summed E-state index contributed by atoms with van der Waals surface area (Å²) in [7, 11) is 0. The first-order valence-electron chi connectivity index (χ1n) is 9.23. The number of nitrogens with zero attached hydrogens (tertiary/aromatic N) is 4. The standard InChI is InChI=1S/C21H22N4O/c1-2-7-17(8-3-1)10-11-19-21(26-16-15-25-13-4-5-14-25)24-18-9-6-12-22-20(18)23-19/h1-3,7-9H,4-6,12-16H2. The van der Waals surface area contributed by atoms with Gasteiger partial charge in [-0.2, -0.15) is 0 Å². The van der Waals surface area contributed by atoms with Crippen molar-refractivity contribution < 1.29 is 4.74 Å². The van der Waals surface area contributed by atoms with Crippen molar-refractivity contribution in [2.45, 2.75) is 19.3 Å². The van der Waals surface area contributed by atoms with Crippen LogP contribution in [-0.2, 0) is 0 Å². The van der Waals surface area contributed by atoms with Crippen LogP contribution in [0.5, 0.6) is 5.88 Å². The van der Waals surface area contributed by atoms with E-state index in [1.54, 1.807) is 0 Å². The van der Waals surface area contributed by atoms with Gasteiger partial charge in [-0.15, -0.1) is 0 Å². The largest absolute Gasteiger partial charge is 0.474 e. The molecule has 0 unspecified atom stereocenters. The topological polar surface area (TPSA) is 50.6 Å². The van der Waals surface area contributed by atoms with Crippen LogP contribution in [0.2, 0.25) is 0 Å². The molecule has 2 aliphatic rings. The Morgan fingerprint density at radius 3 is 2.73 bits per heavy atom. The van der Waals surface area contributed by atoms with Crippen molar-refractivity contribution in [2.75, 3.05) is 32.8 Å². The van der Waals surface area contributed by atoms with Crippen molar-refractivity contribution in [3.63, 3.8) is 0 Å². The molecule has 0 aliphatic carbocycles. The van der Waals surface area contributed by atoms with Gasteiger partial charge in [0.15, 0.2) is 11.2 Å². The molecule has 0 saturated carbocycles. The second-order valence-electron chi connectivity index (χ2n) is 6.47. The van der Waals surface area contributed by atoms with Gasteiger partial charge >= 0.3 is 0 Å². The Balaban J connectivity index is 1.59. The third kappa shape index (κ3) is 4.09. The first kappa shape index (κ1) is 16.7. The molecule has 5 heteroatoms. The molecule has 0 bridgehead atoms. The average Bonchev–Trinajstić information content (AvgIpc) is 3.20. The van der Waals surface area contributed by atoms with E-state index in [4.69, 9.17) is 4.74 Å². The summed E-state index contributed by atoms with van der Waals surface area (Å²) in [6, 6.07) is 9.88. The fourth-order valence-corrected chi connectivity index (χ4v) is 3.16. The summed E-state index contributed by atoms with van der Waals surface area (Å²) in [6.45, 7) is 4.59. The van der Waals surface area contributed by atoms with Crippen LogP contribution in [0.3, 0.4) is 0 Å². The number of fused-ring (bicyclic) bond motifs is 1. The lowest BCUT2D eigenvalue weighted by Gasteiger charge is -2.15. The van der Waals surface area contributed by atoms with Gasteiger partial charge in [-0.1, -0.05) is 30.2 Å². The normalized spacial score (nSPS) is 16.0. The Morgan fingerprint density at radius 2 is 1.88 bits per heavy atom. The zero-order valence-corrected chi connectivity index (χ0v) is 14.8. The molecular formula is C21H22N4O. The highest BCUT2D eigenvalue weighted by Gasteiger charge is 2.13. The Morgan fingerprint density at radius 1 is 1.04 bits per heavy atom. The lowest BCUT2D eigenvalue weighted by Crippen LogP contribution is -2.36. The van der Waals surface area contributed by atoms with Crippen LogP contribution >= 0.6 is 0 Å². The van der Waals surface area contributed by atoms with Gasteiger partial charge in [-0.3, -0.25) is 9.89 Å². The Labute approximate surface area is 153 Å². The van der Waals surface area contributed by atoms with E-state index in [-0.39, 0.29) is 0 Å². The van der Waals surface area contributed by atoms with Gasteiger partial charge in [0.2, 0.25) is 5.88 Å². The number of ether oxygens (including phenoxy) is 1. The highest BCUT2D eigenvalue weighted by Crippen LogP contribution is 2.10. The predicted octanol–water partition coefficient (Wildman–Crippen LogP) is 1.15. The van der Waals surface area contributed by atoms with Gasteiger partial charge in [0, 0.05) is 18.7 Å². The van der Waals surface area contributed by atoms with E-state index in [2.05, 4.69) is 37.8 Å². The highest BCUT2D eigenvalue weighted by atomic mass is 16.5. The smallest absolute Gasteiger partial charge is 0.249 e. The third-order valence-corrected chi connectivity index (χ3v) is 4.54. The van der Waals surface area contributed by atoms with E-state index >= 15 is 0 Å². The summed E-state index contributed by atoms with van der Waals surface area (Å²) in [6.07, 6.45) is 5.52. The van der Waals surface area contributed by atoms with Crippen molar-refractivity contribution in [1.29, 1.82) is 0 Å². The molecule has 0 N–H and O–H groups in total. The number of aromatic nitrogens is 2. The number of likely N-dealkylation sites (tertiary alicyclic amines) is 1. The van der Waals surface area contributed by atoms with Crippen LogP contribution < -0.4 is 15.6 Å². The van der Waals surface area contributed by atoms with Gasteiger partial charge < -0.3 is 4.74 Å². The molecule has 0 atom stereocenters. The van der Waals surface area contributed by atoms with Crippen LogP contribution in [0.25, 0.3) is 6.08 Å². The highest BCUT2D eigenvalue weighted by molar-refractivity contribution is 5.43. The fourth-order valence-electron chi connectivity index (χ4n) is 3.16. The van der Waals surface area contributed by atoms with Crippen molar-refractivity contribution in [1.82, 2.24) is 14.9 Å². The molecule has 132 valence electrons. The first-order chi connectivity index (χ1) is 12.9. The van der Waals surface area contributed by atoms with E-state index in [1.165, 1.54) is 12.8 Å². The number of hydrogen-bond donors (Lipinski definition) is 0. The molecule has 1 aromatic carbocycles. The third-order valence-electron chi connectivity index (χ3n) is 4.54. The van der Waals surface area contributed by atoms with Crippen molar-refractivity contribution >= 4 is 6.08 Å². The summed E-state index contributed by atoms with van der Waals surface area (Å²) >= 11 is 0. The van der Waals surface area contributed by atoms with E-state index in [0.717, 1.165) is 43.5 Å². The maximum atomic E-state index is 5.97. The Bertz CT molecular complexity index is 938. The zero-order chi connectivity index (χ0) is 17.6. The van der Waals surface area contributed by atoms with E-state index in [1.807, 2.05) is 30.3 Å². The molecule has 26 heavy (non-hydrogen) atoms. The molecule has 5 nitrogen and oxygen atoms in total. The van der Waals surface area contributed by atoms with Crippen LogP contribution in [-0.4, -0.2) is 47.7 Å². The molecular weight excluding hydrogens is 324 g/mol. The molecule has 0 amide bonds. The molecule has 3 heterocycles. The molecule has 0 radical (unpaired) electrons. The van der Waals surface area contributed by atoms with E-state index in [9.17, 15) is 0 Å². The SMILES string of the molecule is C(#Cc1nc2c(nc1OCCN1CCCC1)=CCCN=2)c1ccccc1. The Kier molecular flexibility index (Phi) is 5.22. The minimum absolute atomic E-state index is 0.514. The predicted molar refractivity (Wildman–Crippen MR) is 100 cm³/mol. The van der Waals surface area contributed by atoms with Gasteiger partial charge in [0.05, 0.1) is 0 Å². The van der Waals surface area contributed by atoms with Crippen molar-refractivity contribution in [2.24, 2.45) is 4.99 Å². The number of hydrogen-bond acceptors (Lipinski definition) is 5. The second-order valence-corrected chi connectivity index (χ2v) is 6.47. The maximum absolute atomic E-state index is 5.97. The van der Waals surface area contributed by atoms with Crippen molar-refractivity contribution in [3.8, 4) is 17.7 Å². The zero-order valence-electron chi connectivity index (χ0n) is 14.8. The van der Waals surface area contributed by atoms with Crippen LogP contribution in [0.1, 0.15) is 30.5 Å². The lowest BCUT2D eigenvalue weighted by molar-refractivity contribution is 0.230. The molecule has 1 fully saturated rings. The van der Waals surface area contributed by atoms with Gasteiger partial charge in [-0.25, -0.2) is 9.97 Å². The lowest BCUT2D eigenvalue weighted by atomic mass is 10.2. The van der Waals surface area contributed by atoms with Crippen LogP contribution in [0, 0.1) is 11.8 Å². The number of benzene rings is 1. The van der Waals surface area contributed by atoms with Gasteiger partial charge in [-0.05, 0) is 50.4 Å². The Hall–Kier alpha value is -2.71. The summed E-state index contributed by atoms with van der Waals surface area (Å²) < 4.78 is 5.97. The molecule has 1 saturated heterocycles. The molecule has 1 aromatic heterocycles. The molecule has 0 spiro atoms.